The minimum atomic E-state index is -0.503. The Morgan fingerprint density at radius 3 is 2.25 bits per heavy atom. The van der Waals surface area contributed by atoms with Gasteiger partial charge in [0.25, 0.3) is 0 Å². The molecule has 2 aliphatic rings. The Morgan fingerprint density at radius 2 is 1.43 bits per heavy atom. The number of nitrogens with zero attached hydrogens (tertiary/aromatic N) is 1. The summed E-state index contributed by atoms with van der Waals surface area (Å²) in [7, 11) is 0. The standard InChI is InChI=1S/C39H29N/c1-3-27-23-30-19-18-29(25-32(30)24-28(27)4-2)31-20-21-35-34-15-9-10-16-36(34)39(37(35)26-31,38-17-11-12-22-40-38)33-13-7-5-6-8-14-33/h3-7,9-26H,1-2,8H2. The fourth-order valence-electron chi connectivity index (χ4n) is 6.50. The first-order valence-corrected chi connectivity index (χ1v) is 13.8. The molecule has 0 saturated heterocycles. The van der Waals surface area contributed by atoms with E-state index in [1.165, 1.54) is 49.7 Å². The molecule has 7 rings (SSSR count). The van der Waals surface area contributed by atoms with Crippen molar-refractivity contribution in [2.45, 2.75) is 11.8 Å². The Labute approximate surface area is 235 Å². The molecule has 1 heterocycles. The normalized spacial score (nSPS) is 17.1. The summed E-state index contributed by atoms with van der Waals surface area (Å²) in [5.41, 5.74) is 11.5. The smallest absolute Gasteiger partial charge is 0.0883 e. The highest BCUT2D eigenvalue weighted by atomic mass is 14.7. The minimum absolute atomic E-state index is 0.503. The van der Waals surface area contributed by atoms with Crippen molar-refractivity contribution in [2.24, 2.45) is 0 Å². The summed E-state index contributed by atoms with van der Waals surface area (Å²) in [6.45, 7) is 7.99. The van der Waals surface area contributed by atoms with Gasteiger partial charge in [0, 0.05) is 6.20 Å². The number of fused-ring (bicyclic) bond motifs is 4. The van der Waals surface area contributed by atoms with Crippen molar-refractivity contribution in [3.8, 4) is 22.3 Å². The Hall–Kier alpha value is -5.01. The maximum Gasteiger partial charge on any atom is 0.0883 e. The van der Waals surface area contributed by atoms with E-state index in [-0.39, 0.29) is 0 Å². The maximum atomic E-state index is 5.00. The predicted molar refractivity (Wildman–Crippen MR) is 170 cm³/mol. The molecule has 0 N–H and O–H groups in total. The van der Waals surface area contributed by atoms with Gasteiger partial charge in [0.1, 0.15) is 0 Å². The van der Waals surface area contributed by atoms with Crippen LogP contribution >= 0.6 is 0 Å². The van der Waals surface area contributed by atoms with Gasteiger partial charge in [-0.05, 0) is 104 Å². The number of aromatic nitrogens is 1. The lowest BCUT2D eigenvalue weighted by atomic mass is 9.68. The van der Waals surface area contributed by atoms with Gasteiger partial charge in [0.15, 0.2) is 0 Å². The molecule has 2 aliphatic carbocycles. The second kappa shape index (κ2) is 9.63. The third kappa shape index (κ3) is 3.59. The first kappa shape index (κ1) is 24.1. The van der Waals surface area contributed by atoms with Crippen molar-refractivity contribution in [1.29, 1.82) is 0 Å². The topological polar surface area (TPSA) is 12.9 Å². The molecule has 4 aromatic carbocycles. The van der Waals surface area contributed by atoms with Crippen LogP contribution in [0.3, 0.4) is 0 Å². The van der Waals surface area contributed by atoms with Gasteiger partial charge in [-0.3, -0.25) is 4.98 Å². The molecule has 0 amide bonds. The van der Waals surface area contributed by atoms with E-state index in [0.29, 0.717) is 0 Å². The number of hydrogen-bond donors (Lipinski definition) is 0. The highest BCUT2D eigenvalue weighted by Crippen LogP contribution is 2.57. The minimum Gasteiger partial charge on any atom is -0.260 e. The summed E-state index contributed by atoms with van der Waals surface area (Å²) in [6, 6.07) is 33.2. The zero-order chi connectivity index (χ0) is 27.1. The molecule has 1 unspecified atom stereocenters. The lowest BCUT2D eigenvalue weighted by Gasteiger charge is -2.33. The van der Waals surface area contributed by atoms with E-state index >= 15 is 0 Å². The fourth-order valence-corrected chi connectivity index (χ4v) is 6.50. The van der Waals surface area contributed by atoms with Crippen LogP contribution in [0.4, 0.5) is 0 Å². The number of rotatable bonds is 5. The van der Waals surface area contributed by atoms with E-state index in [9.17, 15) is 0 Å². The van der Waals surface area contributed by atoms with E-state index in [4.69, 9.17) is 4.98 Å². The molecule has 0 fully saturated rings. The summed E-state index contributed by atoms with van der Waals surface area (Å²) in [6.07, 6.45) is 17.7. The second-order valence-corrected chi connectivity index (χ2v) is 10.4. The molecule has 1 aromatic heterocycles. The molecule has 0 spiro atoms. The van der Waals surface area contributed by atoms with E-state index in [1.54, 1.807) is 0 Å². The van der Waals surface area contributed by atoms with E-state index in [1.807, 2.05) is 24.4 Å². The van der Waals surface area contributed by atoms with Gasteiger partial charge in [0.05, 0.1) is 11.1 Å². The number of benzene rings is 4. The van der Waals surface area contributed by atoms with Crippen molar-refractivity contribution in [2.75, 3.05) is 0 Å². The SMILES string of the molecule is C=Cc1cc2ccc(-c3ccc4c(c3)C(C3=CCC=CC=C3)(c3ccccn3)c3ccccc3-4)cc2cc1C=C. The third-order valence-corrected chi connectivity index (χ3v) is 8.34. The Kier molecular flexibility index (Phi) is 5.79. The number of allylic oxidation sites excluding steroid dienone is 6. The molecular weight excluding hydrogens is 482 g/mol. The van der Waals surface area contributed by atoms with E-state index in [0.717, 1.165) is 23.2 Å². The van der Waals surface area contributed by atoms with Crippen LogP contribution < -0.4 is 0 Å². The molecule has 190 valence electrons. The van der Waals surface area contributed by atoms with Gasteiger partial charge in [-0.2, -0.15) is 0 Å². The van der Waals surface area contributed by atoms with Gasteiger partial charge < -0.3 is 0 Å². The highest BCUT2D eigenvalue weighted by Gasteiger charge is 2.47. The quantitative estimate of drug-likeness (QED) is 0.229. The van der Waals surface area contributed by atoms with Crippen molar-refractivity contribution >= 4 is 22.9 Å². The summed E-state index contributed by atoms with van der Waals surface area (Å²) >= 11 is 0. The second-order valence-electron chi connectivity index (χ2n) is 10.4. The van der Waals surface area contributed by atoms with Crippen LogP contribution in [0, 0.1) is 0 Å². The molecular formula is C39H29N. The van der Waals surface area contributed by atoms with Crippen molar-refractivity contribution < 1.29 is 0 Å². The van der Waals surface area contributed by atoms with Crippen LogP contribution in [0.15, 0.2) is 146 Å². The summed E-state index contributed by atoms with van der Waals surface area (Å²) in [5, 5.41) is 2.39. The first-order valence-electron chi connectivity index (χ1n) is 13.8. The maximum absolute atomic E-state index is 5.00. The zero-order valence-electron chi connectivity index (χ0n) is 22.3. The van der Waals surface area contributed by atoms with Gasteiger partial charge >= 0.3 is 0 Å². The van der Waals surface area contributed by atoms with Crippen LogP contribution in [0.5, 0.6) is 0 Å². The van der Waals surface area contributed by atoms with Gasteiger partial charge in [-0.1, -0.05) is 110 Å². The Bertz CT molecular complexity index is 1900. The van der Waals surface area contributed by atoms with Gasteiger partial charge in [0.2, 0.25) is 0 Å². The van der Waals surface area contributed by atoms with E-state index in [2.05, 4.69) is 128 Å². The monoisotopic (exact) mass is 511 g/mol. The molecule has 0 bridgehead atoms. The van der Waals surface area contributed by atoms with Gasteiger partial charge in [-0.15, -0.1) is 0 Å². The lowest BCUT2D eigenvalue weighted by molar-refractivity contribution is 0.731. The molecule has 0 saturated carbocycles. The largest absolute Gasteiger partial charge is 0.260 e. The van der Waals surface area contributed by atoms with Gasteiger partial charge in [-0.25, -0.2) is 0 Å². The summed E-state index contributed by atoms with van der Waals surface area (Å²) in [4.78, 5) is 5.00. The molecule has 0 aliphatic heterocycles. The third-order valence-electron chi connectivity index (χ3n) is 8.34. The molecule has 1 heteroatoms. The zero-order valence-corrected chi connectivity index (χ0v) is 22.3. The fraction of sp³-hybridized carbons (Fsp3) is 0.0513. The van der Waals surface area contributed by atoms with Crippen LogP contribution in [-0.2, 0) is 5.41 Å². The molecule has 1 atom stereocenters. The van der Waals surface area contributed by atoms with Crippen molar-refractivity contribution in [1.82, 2.24) is 4.98 Å². The first-order chi connectivity index (χ1) is 19.7. The average Bonchev–Trinajstić information content (AvgIpc) is 3.13. The summed E-state index contributed by atoms with van der Waals surface area (Å²) in [5.74, 6) is 0. The number of pyridine rings is 1. The summed E-state index contributed by atoms with van der Waals surface area (Å²) < 4.78 is 0. The molecule has 1 nitrogen and oxygen atoms in total. The highest BCUT2D eigenvalue weighted by molar-refractivity contribution is 5.93. The lowest BCUT2D eigenvalue weighted by Crippen LogP contribution is -2.30. The molecule has 0 radical (unpaired) electrons. The van der Waals surface area contributed by atoms with Crippen molar-refractivity contribution in [3.05, 3.63) is 174 Å². The average molecular weight is 512 g/mol. The van der Waals surface area contributed by atoms with Crippen LogP contribution in [0.25, 0.3) is 45.2 Å². The molecule has 40 heavy (non-hydrogen) atoms. The molecule has 5 aromatic rings. The predicted octanol–water partition coefficient (Wildman–Crippen LogP) is 9.95. The number of hydrogen-bond acceptors (Lipinski definition) is 1. The van der Waals surface area contributed by atoms with E-state index < -0.39 is 5.41 Å². The van der Waals surface area contributed by atoms with Crippen molar-refractivity contribution in [3.63, 3.8) is 0 Å². The van der Waals surface area contributed by atoms with Crippen LogP contribution in [0.1, 0.15) is 34.4 Å². The van der Waals surface area contributed by atoms with Crippen LogP contribution in [0.2, 0.25) is 0 Å². The Morgan fingerprint density at radius 1 is 0.675 bits per heavy atom. The Balaban J connectivity index is 1.50. The van der Waals surface area contributed by atoms with Crippen LogP contribution in [-0.4, -0.2) is 4.98 Å².